The summed E-state index contributed by atoms with van der Waals surface area (Å²) in [5, 5.41) is 0. The fraction of sp³-hybridized carbons (Fsp3) is 0.870. The van der Waals surface area contributed by atoms with Crippen LogP contribution in [0.4, 0.5) is 0 Å². The van der Waals surface area contributed by atoms with Gasteiger partial charge in [-0.25, -0.2) is 0 Å². The molecule has 0 amide bonds. The van der Waals surface area contributed by atoms with E-state index in [4.69, 9.17) is 14.2 Å². The monoisotopic (exact) mass is 384 g/mol. The number of hydrogen-bond donors (Lipinski definition) is 0. The second-order valence-corrected chi connectivity index (χ2v) is 7.33. The van der Waals surface area contributed by atoms with Crippen LogP contribution in [0.15, 0.2) is 12.2 Å². The van der Waals surface area contributed by atoms with Crippen molar-refractivity contribution in [2.75, 3.05) is 7.11 Å². The summed E-state index contributed by atoms with van der Waals surface area (Å²) < 4.78 is 15.5. The Bertz CT molecular complexity index is 354. The topological polar surface area (TPSA) is 44.8 Å². The number of carbonyl (C=O) groups is 1. The lowest BCUT2D eigenvalue weighted by Gasteiger charge is -2.18. The summed E-state index contributed by atoms with van der Waals surface area (Å²) >= 11 is 0. The average molecular weight is 385 g/mol. The van der Waals surface area contributed by atoms with Crippen LogP contribution in [0.25, 0.3) is 0 Å². The highest BCUT2D eigenvalue weighted by molar-refractivity contribution is 5.69. The fourth-order valence-corrected chi connectivity index (χ4v) is 2.94. The third-order valence-corrected chi connectivity index (χ3v) is 4.66. The number of carbonyl (C=O) groups excluding carboxylic acids is 1. The molecule has 27 heavy (non-hydrogen) atoms. The molecule has 4 heteroatoms. The van der Waals surface area contributed by atoms with Crippen LogP contribution in [0.1, 0.15) is 111 Å². The van der Waals surface area contributed by atoms with Crippen molar-refractivity contribution in [2.24, 2.45) is 0 Å². The Balaban J connectivity index is 3.34. The van der Waals surface area contributed by atoms with Gasteiger partial charge in [0, 0.05) is 13.5 Å². The van der Waals surface area contributed by atoms with Gasteiger partial charge in [-0.15, -0.1) is 0 Å². The van der Waals surface area contributed by atoms with E-state index in [1.165, 1.54) is 70.6 Å². The van der Waals surface area contributed by atoms with E-state index >= 15 is 0 Å². The first-order valence-electron chi connectivity index (χ1n) is 11.1. The molecule has 0 aromatic carbocycles. The summed E-state index contributed by atoms with van der Waals surface area (Å²) in [6.45, 7) is 5.75. The Kier molecular flexibility index (Phi) is 19.2. The fourth-order valence-electron chi connectivity index (χ4n) is 2.94. The largest absolute Gasteiger partial charge is 0.436 e. The zero-order valence-electron chi connectivity index (χ0n) is 18.3. The molecule has 2 atom stereocenters. The van der Waals surface area contributed by atoms with Crippen molar-refractivity contribution in [3.05, 3.63) is 12.2 Å². The van der Waals surface area contributed by atoms with Gasteiger partial charge in [-0.2, -0.15) is 0 Å². The molecule has 0 saturated heterocycles. The maximum absolute atomic E-state index is 11.7. The van der Waals surface area contributed by atoms with Gasteiger partial charge in [-0.3, -0.25) is 4.79 Å². The third kappa shape index (κ3) is 19.7. The van der Waals surface area contributed by atoms with Crippen LogP contribution >= 0.6 is 0 Å². The summed E-state index contributed by atoms with van der Waals surface area (Å²) in [5.74, 6) is -0.191. The lowest BCUT2D eigenvalue weighted by Crippen LogP contribution is -2.23. The van der Waals surface area contributed by atoms with E-state index < -0.39 is 6.29 Å². The predicted molar refractivity (Wildman–Crippen MR) is 113 cm³/mol. The SMILES string of the molecule is CCCCCCCC/C=C\CCCCCCCC(=O)OC(C)OC(C)OC. The highest BCUT2D eigenvalue weighted by Crippen LogP contribution is 2.11. The van der Waals surface area contributed by atoms with Gasteiger partial charge in [0.05, 0.1) is 0 Å². The standard InChI is InChI=1S/C23H44O4/c1-5-6-7-8-9-10-11-12-13-14-15-16-17-18-19-20-23(24)27-22(3)26-21(2)25-4/h12-13,21-22H,5-11,14-20H2,1-4H3/b13-12-. The van der Waals surface area contributed by atoms with Gasteiger partial charge in [-0.05, 0) is 46.0 Å². The highest BCUT2D eigenvalue weighted by Gasteiger charge is 2.12. The van der Waals surface area contributed by atoms with Crippen molar-refractivity contribution in [2.45, 2.75) is 123 Å². The summed E-state index contributed by atoms with van der Waals surface area (Å²) in [4.78, 5) is 11.7. The van der Waals surface area contributed by atoms with Crippen molar-refractivity contribution in [1.29, 1.82) is 0 Å². The third-order valence-electron chi connectivity index (χ3n) is 4.66. The van der Waals surface area contributed by atoms with Crippen molar-refractivity contribution in [3.8, 4) is 0 Å². The molecule has 0 aromatic rings. The molecule has 0 spiro atoms. The van der Waals surface area contributed by atoms with Gasteiger partial charge in [0.25, 0.3) is 0 Å². The molecule has 0 saturated carbocycles. The van der Waals surface area contributed by atoms with Gasteiger partial charge in [0.2, 0.25) is 6.29 Å². The second kappa shape index (κ2) is 19.9. The van der Waals surface area contributed by atoms with Crippen LogP contribution in [0, 0.1) is 0 Å². The summed E-state index contributed by atoms with van der Waals surface area (Å²) in [5.41, 5.74) is 0. The van der Waals surface area contributed by atoms with Crippen molar-refractivity contribution < 1.29 is 19.0 Å². The average Bonchev–Trinajstić information content (AvgIpc) is 2.64. The summed E-state index contributed by atoms with van der Waals surface area (Å²) in [6, 6.07) is 0. The Labute approximate surface area is 168 Å². The Morgan fingerprint density at radius 1 is 0.778 bits per heavy atom. The Morgan fingerprint density at radius 3 is 1.85 bits per heavy atom. The van der Waals surface area contributed by atoms with Gasteiger partial charge < -0.3 is 14.2 Å². The molecule has 0 aliphatic rings. The van der Waals surface area contributed by atoms with Gasteiger partial charge in [0.1, 0.15) is 0 Å². The van der Waals surface area contributed by atoms with Crippen LogP contribution in [-0.2, 0) is 19.0 Å². The molecule has 160 valence electrons. The van der Waals surface area contributed by atoms with E-state index in [1.807, 2.05) is 0 Å². The molecule has 0 rings (SSSR count). The number of allylic oxidation sites excluding steroid dienone is 2. The minimum atomic E-state index is -0.560. The molecular formula is C23H44O4. The summed E-state index contributed by atoms with van der Waals surface area (Å²) in [6.07, 6.45) is 20.5. The molecule has 0 heterocycles. The first-order valence-corrected chi connectivity index (χ1v) is 11.1. The van der Waals surface area contributed by atoms with E-state index in [-0.39, 0.29) is 12.3 Å². The van der Waals surface area contributed by atoms with Gasteiger partial charge in [-0.1, -0.05) is 70.4 Å². The van der Waals surface area contributed by atoms with Crippen molar-refractivity contribution in [1.82, 2.24) is 0 Å². The van der Waals surface area contributed by atoms with Crippen LogP contribution in [0.5, 0.6) is 0 Å². The van der Waals surface area contributed by atoms with Crippen molar-refractivity contribution >= 4 is 5.97 Å². The molecule has 0 fully saturated rings. The maximum atomic E-state index is 11.7. The van der Waals surface area contributed by atoms with E-state index in [0.29, 0.717) is 6.42 Å². The quantitative estimate of drug-likeness (QED) is 0.105. The van der Waals surface area contributed by atoms with Gasteiger partial charge in [0.15, 0.2) is 6.29 Å². The van der Waals surface area contributed by atoms with E-state index in [9.17, 15) is 4.79 Å². The molecule has 0 aliphatic carbocycles. The van der Waals surface area contributed by atoms with Crippen molar-refractivity contribution in [3.63, 3.8) is 0 Å². The second-order valence-electron chi connectivity index (χ2n) is 7.33. The number of methoxy groups -OCH3 is 1. The Hall–Kier alpha value is -0.870. The molecule has 0 aliphatic heterocycles. The van der Waals surface area contributed by atoms with E-state index in [1.54, 1.807) is 21.0 Å². The number of esters is 1. The molecule has 4 nitrogen and oxygen atoms in total. The van der Waals surface area contributed by atoms with E-state index in [2.05, 4.69) is 19.1 Å². The van der Waals surface area contributed by atoms with Crippen LogP contribution < -0.4 is 0 Å². The van der Waals surface area contributed by atoms with E-state index in [0.717, 1.165) is 12.8 Å². The number of ether oxygens (including phenoxy) is 3. The molecule has 0 aromatic heterocycles. The lowest BCUT2D eigenvalue weighted by molar-refractivity contribution is -0.222. The van der Waals surface area contributed by atoms with Gasteiger partial charge >= 0.3 is 5.97 Å². The number of rotatable bonds is 19. The Morgan fingerprint density at radius 2 is 1.30 bits per heavy atom. The lowest BCUT2D eigenvalue weighted by atomic mass is 10.1. The minimum absolute atomic E-state index is 0.191. The zero-order chi connectivity index (χ0) is 20.2. The first-order chi connectivity index (χ1) is 13.1. The highest BCUT2D eigenvalue weighted by atomic mass is 16.8. The molecular weight excluding hydrogens is 340 g/mol. The molecule has 0 bridgehead atoms. The smallest absolute Gasteiger partial charge is 0.308 e. The van der Waals surface area contributed by atoms with Crippen LogP contribution in [-0.4, -0.2) is 25.7 Å². The normalized spacial score (nSPS) is 13.8. The predicted octanol–water partition coefficient (Wildman–Crippen LogP) is 6.92. The first kappa shape index (κ1) is 26.1. The zero-order valence-corrected chi connectivity index (χ0v) is 18.3. The number of unbranched alkanes of at least 4 members (excludes halogenated alkanes) is 11. The minimum Gasteiger partial charge on any atom is -0.436 e. The molecule has 0 radical (unpaired) electrons. The maximum Gasteiger partial charge on any atom is 0.308 e. The summed E-state index contributed by atoms with van der Waals surface area (Å²) in [7, 11) is 1.56. The van der Waals surface area contributed by atoms with Crippen LogP contribution in [0.3, 0.4) is 0 Å². The van der Waals surface area contributed by atoms with Crippen LogP contribution in [0.2, 0.25) is 0 Å². The molecule has 0 N–H and O–H groups in total. The number of hydrogen-bond acceptors (Lipinski definition) is 4. The molecule has 2 unspecified atom stereocenters.